The van der Waals surface area contributed by atoms with Crippen LogP contribution >= 0.6 is 11.5 Å². The second kappa shape index (κ2) is 6.33. The van der Waals surface area contributed by atoms with Crippen molar-refractivity contribution in [3.8, 4) is 33.8 Å². The predicted molar refractivity (Wildman–Crippen MR) is 97.5 cm³/mol. The van der Waals surface area contributed by atoms with E-state index in [2.05, 4.69) is 20.4 Å². The summed E-state index contributed by atoms with van der Waals surface area (Å²) < 4.78 is 4.25. The number of nitrogens with one attached hydrogen (secondary N) is 1. The number of hydrogen-bond donors (Lipinski definition) is 2. The van der Waals surface area contributed by atoms with Crippen LogP contribution in [-0.4, -0.2) is 25.4 Å². The van der Waals surface area contributed by atoms with Gasteiger partial charge in [-0.25, -0.2) is 9.78 Å². The average molecular weight is 347 g/mol. The normalized spacial score (nSPS) is 10.7. The molecule has 25 heavy (non-hydrogen) atoms. The van der Waals surface area contributed by atoms with Crippen molar-refractivity contribution in [2.45, 2.75) is 0 Å². The summed E-state index contributed by atoms with van der Waals surface area (Å²) in [6.45, 7) is 0. The number of carbonyl (C=O) groups is 1. The van der Waals surface area contributed by atoms with Gasteiger partial charge in [0.25, 0.3) is 0 Å². The summed E-state index contributed by atoms with van der Waals surface area (Å²) >= 11 is 0.993. The Morgan fingerprint density at radius 2 is 1.64 bits per heavy atom. The number of aromatic nitrogens is 3. The van der Waals surface area contributed by atoms with Crippen molar-refractivity contribution in [3.63, 3.8) is 0 Å². The molecule has 2 aromatic heterocycles. The third-order valence-corrected chi connectivity index (χ3v) is 4.62. The first-order chi connectivity index (χ1) is 12.2. The first-order valence-corrected chi connectivity index (χ1v) is 8.39. The Balaban J connectivity index is 1.72. The number of benzene rings is 2. The lowest BCUT2D eigenvalue weighted by Gasteiger charge is -2.06. The highest BCUT2D eigenvalue weighted by Crippen LogP contribution is 2.29. The molecule has 2 aromatic carbocycles. The van der Waals surface area contributed by atoms with Gasteiger partial charge in [0.2, 0.25) is 0 Å². The summed E-state index contributed by atoms with van der Waals surface area (Å²) in [5, 5.41) is 9.06. The summed E-state index contributed by atoms with van der Waals surface area (Å²) in [4.78, 5) is 18.7. The van der Waals surface area contributed by atoms with Crippen molar-refractivity contribution in [1.82, 2.24) is 14.3 Å². The number of rotatable bonds is 4. The molecule has 0 spiro atoms. The molecule has 0 bridgehead atoms. The van der Waals surface area contributed by atoms with Gasteiger partial charge in [-0.3, -0.25) is 0 Å². The number of carboxylic acids is 1. The fraction of sp³-hybridized carbons (Fsp3) is 0. The third kappa shape index (κ3) is 3.07. The van der Waals surface area contributed by atoms with E-state index in [-0.39, 0.29) is 4.88 Å². The Bertz CT molecular complexity index is 1040. The van der Waals surface area contributed by atoms with Gasteiger partial charge in [0, 0.05) is 23.5 Å². The topological polar surface area (TPSA) is 78.9 Å². The van der Waals surface area contributed by atoms with Crippen LogP contribution < -0.4 is 0 Å². The van der Waals surface area contributed by atoms with Gasteiger partial charge in [-0.1, -0.05) is 36.4 Å². The Kier molecular flexibility index (Phi) is 3.87. The van der Waals surface area contributed by atoms with Crippen molar-refractivity contribution in [2.75, 3.05) is 0 Å². The zero-order chi connectivity index (χ0) is 17.2. The van der Waals surface area contributed by atoms with Crippen molar-refractivity contribution in [1.29, 1.82) is 0 Å². The van der Waals surface area contributed by atoms with E-state index in [1.807, 2.05) is 42.5 Å². The molecule has 2 heterocycles. The minimum Gasteiger partial charge on any atom is -0.477 e. The van der Waals surface area contributed by atoms with Crippen molar-refractivity contribution < 1.29 is 9.90 Å². The molecule has 2 N–H and O–H groups in total. The second-order valence-corrected chi connectivity index (χ2v) is 6.29. The van der Waals surface area contributed by atoms with E-state index in [1.165, 1.54) is 0 Å². The van der Waals surface area contributed by atoms with Gasteiger partial charge in [0.1, 0.15) is 10.7 Å². The monoisotopic (exact) mass is 347 g/mol. The standard InChI is InChI=1S/C19H13N3O2S/c23-19(24)17-11-16(22-25-17)14-5-1-3-12(9-14)13-4-2-6-15(10-13)18-20-7-8-21-18/h1-11H,(H,20,21)(H,23,24). The van der Waals surface area contributed by atoms with E-state index in [0.29, 0.717) is 5.69 Å². The molecule has 6 heteroatoms. The molecule has 5 nitrogen and oxygen atoms in total. The molecule has 4 aromatic rings. The van der Waals surface area contributed by atoms with Gasteiger partial charge in [-0.15, -0.1) is 0 Å². The number of carboxylic acid groups (broad SMARTS) is 1. The highest BCUT2D eigenvalue weighted by Gasteiger charge is 2.11. The maximum atomic E-state index is 11.0. The first-order valence-electron chi connectivity index (χ1n) is 7.61. The van der Waals surface area contributed by atoms with Crippen molar-refractivity contribution in [2.24, 2.45) is 0 Å². The fourth-order valence-corrected chi connectivity index (χ4v) is 3.24. The largest absolute Gasteiger partial charge is 0.477 e. The summed E-state index contributed by atoms with van der Waals surface area (Å²) in [6, 6.07) is 17.6. The Hall–Kier alpha value is -3.25. The van der Waals surface area contributed by atoms with E-state index in [9.17, 15) is 4.79 Å². The molecule has 0 aliphatic carbocycles. The number of imidazole rings is 1. The highest BCUT2D eigenvalue weighted by atomic mass is 32.1. The molecule has 0 saturated heterocycles. The minimum atomic E-state index is -0.953. The average Bonchev–Trinajstić information content (AvgIpc) is 3.34. The predicted octanol–water partition coefficient (Wildman–Crippen LogP) is 4.57. The zero-order valence-electron chi connectivity index (χ0n) is 13.0. The first kappa shape index (κ1) is 15.3. The van der Waals surface area contributed by atoms with Crippen LogP contribution in [0, 0.1) is 0 Å². The summed E-state index contributed by atoms with van der Waals surface area (Å²) in [5.41, 5.74) is 4.67. The smallest absolute Gasteiger partial charge is 0.347 e. The van der Waals surface area contributed by atoms with E-state index < -0.39 is 5.97 Å². The molecular weight excluding hydrogens is 334 g/mol. The molecule has 0 unspecified atom stereocenters. The summed E-state index contributed by atoms with van der Waals surface area (Å²) in [7, 11) is 0. The molecule has 0 aliphatic rings. The van der Waals surface area contributed by atoms with Crippen molar-refractivity contribution >= 4 is 17.5 Å². The highest BCUT2D eigenvalue weighted by molar-refractivity contribution is 7.08. The molecule has 122 valence electrons. The lowest BCUT2D eigenvalue weighted by atomic mass is 10.00. The maximum Gasteiger partial charge on any atom is 0.347 e. The molecule has 0 aliphatic heterocycles. The van der Waals surface area contributed by atoms with Gasteiger partial charge in [-0.05, 0) is 40.9 Å². The third-order valence-electron chi connectivity index (χ3n) is 3.85. The lowest BCUT2D eigenvalue weighted by molar-refractivity contribution is 0.0702. The van der Waals surface area contributed by atoms with Gasteiger partial charge in [0.05, 0.1) is 5.69 Å². The number of H-pyrrole nitrogens is 1. The van der Waals surface area contributed by atoms with Crippen LogP contribution in [-0.2, 0) is 0 Å². The Morgan fingerprint density at radius 1 is 0.960 bits per heavy atom. The molecule has 4 rings (SSSR count). The second-order valence-electron chi connectivity index (χ2n) is 5.48. The van der Waals surface area contributed by atoms with E-state index in [0.717, 1.165) is 39.6 Å². The van der Waals surface area contributed by atoms with Gasteiger partial charge >= 0.3 is 5.97 Å². The maximum absolute atomic E-state index is 11.0. The van der Waals surface area contributed by atoms with Crippen LogP contribution in [0.1, 0.15) is 9.67 Å². The molecule has 0 saturated carbocycles. The number of aromatic carboxylic acids is 1. The summed E-state index contributed by atoms with van der Waals surface area (Å²) in [6.07, 6.45) is 3.52. The molecule has 0 amide bonds. The van der Waals surface area contributed by atoms with Crippen LogP contribution in [0.25, 0.3) is 33.8 Å². The quantitative estimate of drug-likeness (QED) is 0.567. The van der Waals surface area contributed by atoms with Gasteiger partial charge in [-0.2, -0.15) is 4.37 Å². The van der Waals surface area contributed by atoms with Crippen molar-refractivity contribution in [3.05, 3.63) is 71.9 Å². The number of hydrogen-bond acceptors (Lipinski definition) is 4. The fourth-order valence-electron chi connectivity index (χ4n) is 2.64. The van der Waals surface area contributed by atoms with Crippen LogP contribution in [0.4, 0.5) is 0 Å². The number of aromatic amines is 1. The lowest BCUT2D eigenvalue weighted by Crippen LogP contribution is -1.90. The molecule has 0 atom stereocenters. The van der Waals surface area contributed by atoms with Crippen LogP contribution in [0.2, 0.25) is 0 Å². The minimum absolute atomic E-state index is 0.236. The van der Waals surface area contributed by atoms with E-state index in [1.54, 1.807) is 18.5 Å². The molecule has 0 fully saturated rings. The van der Waals surface area contributed by atoms with E-state index >= 15 is 0 Å². The van der Waals surface area contributed by atoms with Gasteiger partial charge in [0.15, 0.2) is 0 Å². The molecule has 0 radical (unpaired) electrons. The Morgan fingerprint density at radius 3 is 2.28 bits per heavy atom. The van der Waals surface area contributed by atoms with Crippen LogP contribution in [0.3, 0.4) is 0 Å². The van der Waals surface area contributed by atoms with Crippen LogP contribution in [0.5, 0.6) is 0 Å². The molecular formula is C19H13N3O2S. The summed E-state index contributed by atoms with van der Waals surface area (Å²) in [5.74, 6) is -0.130. The van der Waals surface area contributed by atoms with E-state index in [4.69, 9.17) is 5.11 Å². The SMILES string of the molecule is O=C(O)c1cc(-c2cccc(-c3cccc(-c4ncc[nH]4)c3)c2)ns1. The Labute approximate surface area is 147 Å². The van der Waals surface area contributed by atoms with Crippen LogP contribution in [0.15, 0.2) is 67.0 Å². The zero-order valence-corrected chi connectivity index (χ0v) is 13.8. The van der Waals surface area contributed by atoms with Gasteiger partial charge < -0.3 is 10.1 Å². The number of nitrogens with zero attached hydrogens (tertiary/aromatic N) is 2.